The van der Waals surface area contributed by atoms with Crippen LogP contribution in [-0.2, 0) is 11.8 Å². The first kappa shape index (κ1) is 16.3. The number of anilines is 1. The molecule has 0 unspecified atom stereocenters. The zero-order valence-electron chi connectivity index (χ0n) is 13.0. The van der Waals surface area contributed by atoms with Crippen LogP contribution in [-0.4, -0.2) is 41.7 Å². The standard InChI is InChI=1S/C15H16N4O4S/c1-17-6-9-24-15(17)16-14(20)11-2-3-12(13(10-11)19(21)22)18-4-7-23-8-5-18/h2-3,6,9-10H,4-5,7-8H2,1H3. The van der Waals surface area contributed by atoms with Crippen LogP contribution in [0.25, 0.3) is 0 Å². The number of aromatic nitrogens is 1. The van der Waals surface area contributed by atoms with Gasteiger partial charge < -0.3 is 14.2 Å². The Morgan fingerprint density at radius 2 is 2.12 bits per heavy atom. The minimum atomic E-state index is -0.496. The number of hydrogen-bond donors (Lipinski definition) is 0. The topological polar surface area (TPSA) is 90.0 Å². The highest BCUT2D eigenvalue weighted by Gasteiger charge is 2.23. The number of carbonyl (C=O) groups is 1. The predicted molar refractivity (Wildman–Crippen MR) is 89.3 cm³/mol. The Hall–Kier alpha value is -2.52. The van der Waals surface area contributed by atoms with Crippen molar-refractivity contribution in [2.45, 2.75) is 0 Å². The van der Waals surface area contributed by atoms with Crippen molar-refractivity contribution in [3.05, 3.63) is 50.3 Å². The van der Waals surface area contributed by atoms with Crippen LogP contribution in [0, 0.1) is 10.1 Å². The number of benzene rings is 1. The second-order valence-corrected chi connectivity index (χ2v) is 6.15. The summed E-state index contributed by atoms with van der Waals surface area (Å²) in [5.41, 5.74) is 0.613. The molecule has 9 heteroatoms. The van der Waals surface area contributed by atoms with E-state index in [9.17, 15) is 14.9 Å². The van der Waals surface area contributed by atoms with Crippen molar-refractivity contribution < 1.29 is 14.5 Å². The van der Waals surface area contributed by atoms with E-state index in [1.807, 2.05) is 10.3 Å². The molecule has 1 fully saturated rings. The van der Waals surface area contributed by atoms with Crippen molar-refractivity contribution in [2.75, 3.05) is 31.2 Å². The van der Waals surface area contributed by atoms with Gasteiger partial charge in [-0.25, -0.2) is 0 Å². The molecule has 3 rings (SSSR count). The molecule has 1 aromatic carbocycles. The summed E-state index contributed by atoms with van der Waals surface area (Å²) in [6.45, 7) is 2.23. The van der Waals surface area contributed by atoms with Crippen LogP contribution in [0.1, 0.15) is 10.4 Å². The van der Waals surface area contributed by atoms with E-state index >= 15 is 0 Å². The molecule has 0 bridgehead atoms. The first-order valence-corrected chi connectivity index (χ1v) is 8.24. The third-order valence-electron chi connectivity index (χ3n) is 3.73. The fourth-order valence-electron chi connectivity index (χ4n) is 2.46. The maximum Gasteiger partial charge on any atom is 0.293 e. The van der Waals surface area contributed by atoms with Crippen LogP contribution in [0.2, 0.25) is 0 Å². The molecule has 0 spiro atoms. The average molecular weight is 348 g/mol. The van der Waals surface area contributed by atoms with Gasteiger partial charge in [0.05, 0.1) is 18.1 Å². The molecule has 24 heavy (non-hydrogen) atoms. The van der Waals surface area contributed by atoms with Crippen LogP contribution < -0.4 is 9.70 Å². The van der Waals surface area contributed by atoms with Crippen molar-refractivity contribution in [2.24, 2.45) is 12.0 Å². The van der Waals surface area contributed by atoms with Crippen molar-refractivity contribution >= 4 is 28.6 Å². The number of nitro groups is 1. The number of nitrogens with zero attached hydrogens (tertiary/aromatic N) is 4. The molecule has 1 aliphatic rings. The summed E-state index contributed by atoms with van der Waals surface area (Å²) in [5, 5.41) is 13.2. The van der Waals surface area contributed by atoms with Crippen molar-refractivity contribution in [1.82, 2.24) is 4.57 Å². The van der Waals surface area contributed by atoms with Gasteiger partial charge in [0, 0.05) is 43.3 Å². The minimum Gasteiger partial charge on any atom is -0.378 e. The number of nitro benzene ring substituents is 1. The molecule has 0 saturated carbocycles. The Bertz CT molecular complexity index is 836. The van der Waals surface area contributed by atoms with Gasteiger partial charge in [0.25, 0.3) is 11.6 Å². The molecule has 0 N–H and O–H groups in total. The zero-order valence-corrected chi connectivity index (χ0v) is 13.9. The highest BCUT2D eigenvalue weighted by atomic mass is 32.1. The third kappa shape index (κ3) is 3.36. The van der Waals surface area contributed by atoms with E-state index < -0.39 is 10.8 Å². The zero-order chi connectivity index (χ0) is 17.1. The monoisotopic (exact) mass is 348 g/mol. The molecular formula is C15H16N4O4S. The van der Waals surface area contributed by atoms with Crippen LogP contribution in [0.3, 0.4) is 0 Å². The number of hydrogen-bond acceptors (Lipinski definition) is 6. The molecule has 2 heterocycles. The Labute approximate surface area is 141 Å². The largest absolute Gasteiger partial charge is 0.378 e. The van der Waals surface area contributed by atoms with E-state index in [2.05, 4.69) is 4.99 Å². The molecule has 1 aromatic heterocycles. The van der Waals surface area contributed by atoms with Gasteiger partial charge in [0.15, 0.2) is 4.80 Å². The second kappa shape index (κ2) is 6.93. The molecule has 0 aliphatic carbocycles. The Balaban J connectivity index is 1.96. The lowest BCUT2D eigenvalue weighted by Gasteiger charge is -2.28. The van der Waals surface area contributed by atoms with E-state index in [4.69, 9.17) is 4.74 Å². The Morgan fingerprint density at radius 1 is 1.38 bits per heavy atom. The lowest BCUT2D eigenvalue weighted by Crippen LogP contribution is -2.36. The quantitative estimate of drug-likeness (QED) is 0.620. The van der Waals surface area contributed by atoms with E-state index in [-0.39, 0.29) is 11.3 Å². The van der Waals surface area contributed by atoms with Gasteiger partial charge in [-0.3, -0.25) is 14.9 Å². The summed E-state index contributed by atoms with van der Waals surface area (Å²) < 4.78 is 6.99. The first-order valence-electron chi connectivity index (χ1n) is 7.36. The van der Waals surface area contributed by atoms with Gasteiger partial charge >= 0.3 is 0 Å². The minimum absolute atomic E-state index is 0.0893. The van der Waals surface area contributed by atoms with Gasteiger partial charge in [-0.05, 0) is 12.1 Å². The number of rotatable bonds is 3. The molecule has 1 saturated heterocycles. The Kier molecular flexibility index (Phi) is 4.72. The van der Waals surface area contributed by atoms with Crippen LogP contribution in [0.15, 0.2) is 34.8 Å². The lowest BCUT2D eigenvalue weighted by atomic mass is 10.1. The first-order chi connectivity index (χ1) is 11.6. The molecule has 8 nitrogen and oxygen atoms in total. The number of amides is 1. The SMILES string of the molecule is Cn1ccsc1=NC(=O)c1ccc(N2CCOCC2)c([N+](=O)[O-])c1. The number of carbonyl (C=O) groups excluding carboxylic acids is 1. The fourth-order valence-corrected chi connectivity index (χ4v) is 3.19. The van der Waals surface area contributed by atoms with Crippen molar-refractivity contribution in [1.29, 1.82) is 0 Å². The fraction of sp³-hybridized carbons (Fsp3) is 0.333. The molecular weight excluding hydrogens is 332 g/mol. The average Bonchev–Trinajstić information content (AvgIpc) is 3.00. The molecule has 1 amide bonds. The number of morpholine rings is 1. The maximum atomic E-state index is 12.3. The molecule has 0 radical (unpaired) electrons. The molecule has 2 aromatic rings. The van der Waals surface area contributed by atoms with Gasteiger partial charge in [-0.1, -0.05) is 0 Å². The van der Waals surface area contributed by atoms with Crippen molar-refractivity contribution in [3.63, 3.8) is 0 Å². The summed E-state index contributed by atoms with van der Waals surface area (Å²) in [5.74, 6) is -0.496. The van der Waals surface area contributed by atoms with E-state index in [0.29, 0.717) is 36.8 Å². The summed E-state index contributed by atoms with van der Waals surface area (Å²) in [6, 6.07) is 4.49. The lowest BCUT2D eigenvalue weighted by molar-refractivity contribution is -0.384. The van der Waals surface area contributed by atoms with Crippen molar-refractivity contribution in [3.8, 4) is 0 Å². The number of aryl methyl sites for hydroxylation is 1. The second-order valence-electron chi connectivity index (χ2n) is 5.27. The van der Waals surface area contributed by atoms with E-state index in [1.54, 1.807) is 29.9 Å². The number of thiazole rings is 1. The highest BCUT2D eigenvalue weighted by molar-refractivity contribution is 7.07. The molecule has 0 atom stereocenters. The molecule has 1 aliphatic heterocycles. The summed E-state index contributed by atoms with van der Waals surface area (Å²) in [4.78, 5) is 29.7. The highest BCUT2D eigenvalue weighted by Crippen LogP contribution is 2.30. The maximum absolute atomic E-state index is 12.3. The third-order valence-corrected chi connectivity index (χ3v) is 4.58. The smallest absolute Gasteiger partial charge is 0.293 e. The molecule has 126 valence electrons. The van der Waals surface area contributed by atoms with Gasteiger partial charge in [0.2, 0.25) is 0 Å². The summed E-state index contributed by atoms with van der Waals surface area (Å²) >= 11 is 1.33. The Morgan fingerprint density at radius 3 is 2.75 bits per heavy atom. The predicted octanol–water partition coefficient (Wildman–Crippen LogP) is 1.57. The normalized spacial score (nSPS) is 15.5. The number of ether oxygens (including phenoxy) is 1. The van der Waals surface area contributed by atoms with Gasteiger partial charge in [-0.2, -0.15) is 4.99 Å². The van der Waals surface area contributed by atoms with Crippen LogP contribution >= 0.6 is 11.3 Å². The summed E-state index contributed by atoms with van der Waals surface area (Å²) in [7, 11) is 1.78. The summed E-state index contributed by atoms with van der Waals surface area (Å²) in [6.07, 6.45) is 1.79. The van der Waals surface area contributed by atoms with Gasteiger partial charge in [-0.15, -0.1) is 11.3 Å². The van der Waals surface area contributed by atoms with E-state index in [1.165, 1.54) is 17.4 Å². The van der Waals surface area contributed by atoms with E-state index in [0.717, 1.165) is 0 Å². The van der Waals surface area contributed by atoms with Crippen LogP contribution in [0.5, 0.6) is 0 Å². The van der Waals surface area contributed by atoms with Crippen LogP contribution in [0.4, 0.5) is 11.4 Å². The van der Waals surface area contributed by atoms with Gasteiger partial charge in [0.1, 0.15) is 5.69 Å².